The van der Waals surface area contributed by atoms with Crippen LogP contribution >= 0.6 is 0 Å². The van der Waals surface area contributed by atoms with Gasteiger partial charge in [-0.25, -0.2) is 0 Å². The van der Waals surface area contributed by atoms with Gasteiger partial charge in [0, 0.05) is 20.1 Å². The Bertz CT molecular complexity index is 458. The highest BCUT2D eigenvalue weighted by molar-refractivity contribution is 5.60. The summed E-state index contributed by atoms with van der Waals surface area (Å²) in [4.78, 5) is 2.16. The zero-order chi connectivity index (χ0) is 15.1. The molecule has 0 saturated carbocycles. The van der Waals surface area contributed by atoms with Crippen LogP contribution in [0.4, 0.5) is 5.69 Å². The van der Waals surface area contributed by atoms with E-state index in [0.29, 0.717) is 11.8 Å². The molecule has 1 N–H and O–H groups in total. The molecule has 1 aromatic rings. The molecule has 3 heteroatoms. The van der Waals surface area contributed by atoms with E-state index in [1.165, 1.54) is 5.56 Å². The van der Waals surface area contributed by atoms with Crippen LogP contribution in [0.5, 0.6) is 0 Å². The number of hydrogen-bond donors (Lipinski definition) is 1. The van der Waals surface area contributed by atoms with E-state index in [1.807, 2.05) is 13.1 Å². The Morgan fingerprint density at radius 1 is 1.20 bits per heavy atom. The Morgan fingerprint density at radius 2 is 1.90 bits per heavy atom. The van der Waals surface area contributed by atoms with Crippen molar-refractivity contribution in [1.29, 1.82) is 5.26 Å². The minimum Gasteiger partial charge on any atom is -0.373 e. The largest absolute Gasteiger partial charge is 0.373 e. The number of nitriles is 1. The lowest BCUT2D eigenvalue weighted by Gasteiger charge is -2.23. The van der Waals surface area contributed by atoms with Gasteiger partial charge in [-0.05, 0) is 36.1 Å². The van der Waals surface area contributed by atoms with E-state index in [1.54, 1.807) is 0 Å². The molecule has 3 nitrogen and oxygen atoms in total. The van der Waals surface area contributed by atoms with Gasteiger partial charge in [0.25, 0.3) is 0 Å². The standard InChI is InChI=1S/C17H27N3/c1-13(2)10-19-11-15-6-7-17(16(8-15)9-18)20(5)12-14(3)4/h6-8,13-14,19H,10-12H2,1-5H3. The molecule has 0 amide bonds. The Kier molecular flexibility index (Phi) is 6.54. The monoisotopic (exact) mass is 273 g/mol. The lowest BCUT2D eigenvalue weighted by Crippen LogP contribution is -2.23. The van der Waals surface area contributed by atoms with Gasteiger partial charge in [-0.2, -0.15) is 5.26 Å². The molecule has 0 spiro atoms. The van der Waals surface area contributed by atoms with Crippen molar-refractivity contribution < 1.29 is 0 Å². The van der Waals surface area contributed by atoms with Crippen LogP contribution in [0.2, 0.25) is 0 Å². The van der Waals surface area contributed by atoms with Crippen molar-refractivity contribution in [3.63, 3.8) is 0 Å². The van der Waals surface area contributed by atoms with Crippen molar-refractivity contribution in [2.75, 3.05) is 25.0 Å². The molecule has 0 unspecified atom stereocenters. The maximum atomic E-state index is 9.34. The third-order valence-electron chi connectivity index (χ3n) is 3.11. The molecule has 0 heterocycles. The first kappa shape index (κ1) is 16.5. The summed E-state index contributed by atoms with van der Waals surface area (Å²) in [6.07, 6.45) is 0. The van der Waals surface area contributed by atoms with Crippen LogP contribution in [0, 0.1) is 23.2 Å². The summed E-state index contributed by atoms with van der Waals surface area (Å²) in [5.74, 6) is 1.22. The number of nitrogens with zero attached hydrogens (tertiary/aromatic N) is 2. The molecule has 0 aliphatic rings. The fourth-order valence-electron chi connectivity index (χ4n) is 2.27. The van der Waals surface area contributed by atoms with Gasteiger partial charge in [-0.3, -0.25) is 0 Å². The van der Waals surface area contributed by atoms with E-state index in [2.05, 4.69) is 56.1 Å². The SMILES string of the molecule is CC(C)CNCc1ccc(N(C)CC(C)C)c(C#N)c1. The predicted molar refractivity (Wildman–Crippen MR) is 85.8 cm³/mol. The van der Waals surface area contributed by atoms with Gasteiger partial charge in [0.15, 0.2) is 0 Å². The van der Waals surface area contributed by atoms with Crippen LogP contribution in [0.15, 0.2) is 18.2 Å². The minimum absolute atomic E-state index is 0.582. The van der Waals surface area contributed by atoms with Crippen molar-refractivity contribution in [2.24, 2.45) is 11.8 Å². The molecule has 0 aliphatic heterocycles. The summed E-state index contributed by atoms with van der Waals surface area (Å²) < 4.78 is 0. The third kappa shape index (κ3) is 5.22. The fourth-order valence-corrected chi connectivity index (χ4v) is 2.27. The van der Waals surface area contributed by atoms with Gasteiger partial charge in [0.1, 0.15) is 6.07 Å². The van der Waals surface area contributed by atoms with Crippen molar-refractivity contribution >= 4 is 5.69 Å². The Labute approximate surface area is 123 Å². The molecule has 0 bridgehead atoms. The zero-order valence-corrected chi connectivity index (χ0v) is 13.4. The highest BCUT2D eigenvalue weighted by Crippen LogP contribution is 2.21. The van der Waals surface area contributed by atoms with E-state index in [4.69, 9.17) is 0 Å². The summed E-state index contributed by atoms with van der Waals surface area (Å²) in [7, 11) is 2.05. The molecule has 0 radical (unpaired) electrons. The quantitative estimate of drug-likeness (QED) is 0.827. The van der Waals surface area contributed by atoms with E-state index < -0.39 is 0 Å². The van der Waals surface area contributed by atoms with E-state index in [-0.39, 0.29) is 0 Å². The first-order valence-electron chi connectivity index (χ1n) is 7.39. The molecule has 20 heavy (non-hydrogen) atoms. The van der Waals surface area contributed by atoms with Gasteiger partial charge in [0.05, 0.1) is 11.3 Å². The number of rotatable bonds is 7. The molecular formula is C17H27N3. The lowest BCUT2D eigenvalue weighted by atomic mass is 10.1. The minimum atomic E-state index is 0.582. The van der Waals surface area contributed by atoms with Crippen LogP contribution < -0.4 is 10.2 Å². The molecule has 0 aromatic heterocycles. The molecule has 0 fully saturated rings. The molecule has 1 aromatic carbocycles. The average Bonchev–Trinajstić information content (AvgIpc) is 2.37. The normalized spacial score (nSPS) is 10.9. The predicted octanol–water partition coefficient (Wildman–Crippen LogP) is 3.40. The second-order valence-electron chi connectivity index (χ2n) is 6.26. The summed E-state index contributed by atoms with van der Waals surface area (Å²) >= 11 is 0. The van der Waals surface area contributed by atoms with Crippen LogP contribution in [0.25, 0.3) is 0 Å². The first-order chi connectivity index (χ1) is 9.43. The van der Waals surface area contributed by atoms with Crippen molar-refractivity contribution in [3.05, 3.63) is 29.3 Å². The van der Waals surface area contributed by atoms with Crippen molar-refractivity contribution in [1.82, 2.24) is 5.32 Å². The zero-order valence-electron chi connectivity index (χ0n) is 13.4. The molecule has 1 rings (SSSR count). The Hall–Kier alpha value is -1.53. The maximum Gasteiger partial charge on any atom is 0.101 e. The first-order valence-corrected chi connectivity index (χ1v) is 7.39. The third-order valence-corrected chi connectivity index (χ3v) is 3.11. The summed E-state index contributed by atoms with van der Waals surface area (Å²) in [5, 5.41) is 12.8. The number of hydrogen-bond acceptors (Lipinski definition) is 3. The number of nitrogens with one attached hydrogen (secondary N) is 1. The van der Waals surface area contributed by atoms with Gasteiger partial charge in [-0.15, -0.1) is 0 Å². The molecular weight excluding hydrogens is 246 g/mol. The van der Waals surface area contributed by atoms with Gasteiger partial charge >= 0.3 is 0 Å². The summed E-state index contributed by atoms with van der Waals surface area (Å²) in [5.41, 5.74) is 2.95. The second-order valence-corrected chi connectivity index (χ2v) is 6.26. The summed E-state index contributed by atoms with van der Waals surface area (Å²) in [6, 6.07) is 8.49. The van der Waals surface area contributed by atoms with Gasteiger partial charge in [-0.1, -0.05) is 33.8 Å². The van der Waals surface area contributed by atoms with Crippen LogP contribution in [-0.4, -0.2) is 20.1 Å². The molecule has 110 valence electrons. The lowest BCUT2D eigenvalue weighted by molar-refractivity contribution is 0.552. The molecule has 0 atom stereocenters. The average molecular weight is 273 g/mol. The number of benzene rings is 1. The Balaban J connectivity index is 2.78. The maximum absolute atomic E-state index is 9.34. The topological polar surface area (TPSA) is 39.1 Å². The molecule has 0 aliphatic carbocycles. The fraction of sp³-hybridized carbons (Fsp3) is 0.588. The van der Waals surface area contributed by atoms with Crippen LogP contribution in [0.1, 0.15) is 38.8 Å². The van der Waals surface area contributed by atoms with E-state index >= 15 is 0 Å². The van der Waals surface area contributed by atoms with Crippen LogP contribution in [0.3, 0.4) is 0 Å². The number of anilines is 1. The van der Waals surface area contributed by atoms with E-state index in [9.17, 15) is 5.26 Å². The van der Waals surface area contributed by atoms with Gasteiger partial charge in [0.2, 0.25) is 0 Å². The highest BCUT2D eigenvalue weighted by atomic mass is 15.1. The van der Waals surface area contributed by atoms with E-state index in [0.717, 1.165) is 30.9 Å². The highest BCUT2D eigenvalue weighted by Gasteiger charge is 2.09. The second kappa shape index (κ2) is 7.91. The summed E-state index contributed by atoms with van der Waals surface area (Å²) in [6.45, 7) is 11.5. The van der Waals surface area contributed by atoms with Crippen molar-refractivity contribution in [3.8, 4) is 6.07 Å². The van der Waals surface area contributed by atoms with Crippen LogP contribution in [-0.2, 0) is 6.54 Å². The smallest absolute Gasteiger partial charge is 0.101 e. The molecule has 0 saturated heterocycles. The Morgan fingerprint density at radius 3 is 2.45 bits per heavy atom. The van der Waals surface area contributed by atoms with Crippen molar-refractivity contribution in [2.45, 2.75) is 34.2 Å². The van der Waals surface area contributed by atoms with Gasteiger partial charge < -0.3 is 10.2 Å².